The van der Waals surface area contributed by atoms with Crippen molar-refractivity contribution in [3.8, 4) is 0 Å². The van der Waals surface area contributed by atoms with Crippen molar-refractivity contribution >= 4 is 0 Å². The van der Waals surface area contributed by atoms with E-state index in [9.17, 15) is 0 Å². The fourth-order valence-electron chi connectivity index (χ4n) is 4.81. The molecule has 0 bridgehead atoms. The first-order valence-electron chi connectivity index (χ1n) is 9.34. The van der Waals surface area contributed by atoms with Crippen molar-refractivity contribution in [2.75, 3.05) is 26.2 Å². The standard InChI is InChI=1S/C18H34N2/c1-3-8-17(9-4-1)10-15-20-14-7-13-19-18(16-20)11-5-2-6-12-18/h17,19H,1-16H2. The van der Waals surface area contributed by atoms with Crippen molar-refractivity contribution in [3.63, 3.8) is 0 Å². The molecular formula is C18H34N2. The van der Waals surface area contributed by atoms with Crippen LogP contribution in [-0.2, 0) is 0 Å². The van der Waals surface area contributed by atoms with E-state index in [1.165, 1.54) is 103 Å². The first-order valence-corrected chi connectivity index (χ1v) is 9.34. The van der Waals surface area contributed by atoms with Crippen molar-refractivity contribution in [3.05, 3.63) is 0 Å². The molecule has 3 rings (SSSR count). The molecule has 1 spiro atoms. The van der Waals surface area contributed by atoms with Crippen LogP contribution in [0.3, 0.4) is 0 Å². The predicted molar refractivity (Wildman–Crippen MR) is 86.1 cm³/mol. The first kappa shape index (κ1) is 14.8. The van der Waals surface area contributed by atoms with Gasteiger partial charge in [0.15, 0.2) is 0 Å². The molecule has 20 heavy (non-hydrogen) atoms. The molecule has 2 saturated carbocycles. The average Bonchev–Trinajstić information content (AvgIpc) is 2.70. The Labute approximate surface area is 125 Å². The number of nitrogens with zero attached hydrogens (tertiary/aromatic N) is 1. The van der Waals surface area contributed by atoms with Gasteiger partial charge in [-0.1, -0.05) is 51.4 Å². The Morgan fingerprint density at radius 1 is 0.900 bits per heavy atom. The van der Waals surface area contributed by atoms with Gasteiger partial charge in [-0.15, -0.1) is 0 Å². The van der Waals surface area contributed by atoms with Crippen molar-refractivity contribution in [2.24, 2.45) is 5.92 Å². The smallest absolute Gasteiger partial charge is 0.0308 e. The zero-order chi connectivity index (χ0) is 13.7. The summed E-state index contributed by atoms with van der Waals surface area (Å²) >= 11 is 0. The van der Waals surface area contributed by atoms with Crippen molar-refractivity contribution < 1.29 is 0 Å². The highest BCUT2D eigenvalue weighted by molar-refractivity contribution is 4.95. The molecular weight excluding hydrogens is 244 g/mol. The lowest BCUT2D eigenvalue weighted by molar-refractivity contribution is 0.154. The molecule has 2 nitrogen and oxygen atoms in total. The molecule has 3 fully saturated rings. The quantitative estimate of drug-likeness (QED) is 0.841. The fourth-order valence-corrected chi connectivity index (χ4v) is 4.81. The van der Waals surface area contributed by atoms with E-state index in [0.717, 1.165) is 5.92 Å². The second-order valence-corrected chi connectivity index (χ2v) is 7.69. The molecule has 0 aromatic rings. The average molecular weight is 278 g/mol. The lowest BCUT2D eigenvalue weighted by atomic mass is 9.81. The van der Waals surface area contributed by atoms with Gasteiger partial charge in [-0.05, 0) is 51.2 Å². The highest BCUT2D eigenvalue weighted by Crippen LogP contribution is 2.31. The summed E-state index contributed by atoms with van der Waals surface area (Å²) in [7, 11) is 0. The molecule has 3 aliphatic rings. The van der Waals surface area contributed by atoms with Crippen LogP contribution in [0.25, 0.3) is 0 Å². The van der Waals surface area contributed by atoms with Gasteiger partial charge in [-0.2, -0.15) is 0 Å². The van der Waals surface area contributed by atoms with Gasteiger partial charge < -0.3 is 10.2 Å². The second kappa shape index (κ2) is 7.26. The topological polar surface area (TPSA) is 15.3 Å². The van der Waals surface area contributed by atoms with Crippen LogP contribution < -0.4 is 5.32 Å². The van der Waals surface area contributed by atoms with Gasteiger partial charge in [-0.25, -0.2) is 0 Å². The molecule has 1 saturated heterocycles. The van der Waals surface area contributed by atoms with Gasteiger partial charge in [0.1, 0.15) is 0 Å². The summed E-state index contributed by atoms with van der Waals surface area (Å²) in [6.07, 6.45) is 17.5. The minimum Gasteiger partial charge on any atom is -0.310 e. The third kappa shape index (κ3) is 3.98. The molecule has 1 heterocycles. The molecule has 0 aromatic carbocycles. The van der Waals surface area contributed by atoms with E-state index in [4.69, 9.17) is 0 Å². The van der Waals surface area contributed by atoms with Gasteiger partial charge in [0.05, 0.1) is 0 Å². The molecule has 0 atom stereocenters. The van der Waals surface area contributed by atoms with Gasteiger partial charge in [0.2, 0.25) is 0 Å². The van der Waals surface area contributed by atoms with Gasteiger partial charge >= 0.3 is 0 Å². The van der Waals surface area contributed by atoms with E-state index in [1.807, 2.05) is 0 Å². The lowest BCUT2D eigenvalue weighted by Crippen LogP contribution is -2.52. The Morgan fingerprint density at radius 3 is 2.45 bits per heavy atom. The Hall–Kier alpha value is -0.0800. The van der Waals surface area contributed by atoms with Crippen molar-refractivity contribution in [1.29, 1.82) is 0 Å². The van der Waals surface area contributed by atoms with Crippen LogP contribution in [0.2, 0.25) is 0 Å². The van der Waals surface area contributed by atoms with E-state index in [0.29, 0.717) is 5.54 Å². The summed E-state index contributed by atoms with van der Waals surface area (Å²) in [5.74, 6) is 1.04. The predicted octanol–water partition coefficient (Wildman–Crippen LogP) is 3.96. The van der Waals surface area contributed by atoms with Crippen LogP contribution in [0, 0.1) is 5.92 Å². The Bertz CT molecular complexity index is 277. The Kier molecular flexibility index (Phi) is 5.39. The molecule has 1 aliphatic heterocycles. The first-order chi connectivity index (χ1) is 9.86. The molecule has 1 N–H and O–H groups in total. The SMILES string of the molecule is C1CCC(CCN2CCCNC3(CCCCC3)C2)CC1. The molecule has 0 unspecified atom stereocenters. The maximum absolute atomic E-state index is 3.92. The summed E-state index contributed by atoms with van der Waals surface area (Å²) in [6.45, 7) is 5.29. The zero-order valence-corrected chi connectivity index (χ0v) is 13.3. The zero-order valence-electron chi connectivity index (χ0n) is 13.3. The van der Waals surface area contributed by atoms with E-state index in [-0.39, 0.29) is 0 Å². The number of rotatable bonds is 3. The minimum atomic E-state index is 0.487. The van der Waals surface area contributed by atoms with E-state index in [2.05, 4.69) is 10.2 Å². The number of hydrogen-bond acceptors (Lipinski definition) is 2. The van der Waals surface area contributed by atoms with Gasteiger partial charge in [0, 0.05) is 12.1 Å². The molecule has 0 amide bonds. The Morgan fingerprint density at radius 2 is 1.65 bits per heavy atom. The van der Waals surface area contributed by atoms with E-state index in [1.54, 1.807) is 0 Å². The van der Waals surface area contributed by atoms with E-state index >= 15 is 0 Å². The summed E-state index contributed by atoms with van der Waals surface area (Å²) in [5, 5.41) is 3.92. The Balaban J connectivity index is 1.49. The van der Waals surface area contributed by atoms with Crippen LogP contribution in [0.1, 0.15) is 77.0 Å². The van der Waals surface area contributed by atoms with Crippen molar-refractivity contribution in [2.45, 2.75) is 82.6 Å². The summed E-state index contributed by atoms with van der Waals surface area (Å²) < 4.78 is 0. The summed E-state index contributed by atoms with van der Waals surface area (Å²) in [4.78, 5) is 2.81. The molecule has 0 radical (unpaired) electrons. The van der Waals surface area contributed by atoms with Crippen LogP contribution >= 0.6 is 0 Å². The fraction of sp³-hybridized carbons (Fsp3) is 1.00. The number of hydrogen-bond donors (Lipinski definition) is 1. The number of nitrogens with one attached hydrogen (secondary N) is 1. The highest BCUT2D eigenvalue weighted by atomic mass is 15.2. The maximum atomic E-state index is 3.92. The third-order valence-corrected chi connectivity index (χ3v) is 6.07. The molecule has 0 aromatic heterocycles. The van der Waals surface area contributed by atoms with Crippen molar-refractivity contribution in [1.82, 2.24) is 10.2 Å². The molecule has 116 valence electrons. The maximum Gasteiger partial charge on any atom is 0.0308 e. The van der Waals surface area contributed by atoms with E-state index < -0.39 is 0 Å². The second-order valence-electron chi connectivity index (χ2n) is 7.69. The van der Waals surface area contributed by atoms with Crippen LogP contribution in [0.4, 0.5) is 0 Å². The lowest BCUT2D eigenvalue weighted by Gasteiger charge is -2.40. The minimum absolute atomic E-state index is 0.487. The van der Waals surface area contributed by atoms with Gasteiger partial charge in [-0.3, -0.25) is 0 Å². The van der Waals surface area contributed by atoms with Gasteiger partial charge in [0.25, 0.3) is 0 Å². The largest absolute Gasteiger partial charge is 0.310 e. The molecule has 2 heteroatoms. The van der Waals surface area contributed by atoms with Crippen LogP contribution in [0.15, 0.2) is 0 Å². The summed E-state index contributed by atoms with van der Waals surface area (Å²) in [5.41, 5.74) is 0.487. The third-order valence-electron chi connectivity index (χ3n) is 6.07. The van der Waals surface area contributed by atoms with Crippen LogP contribution in [-0.4, -0.2) is 36.6 Å². The highest BCUT2D eigenvalue weighted by Gasteiger charge is 2.34. The molecule has 2 aliphatic carbocycles. The summed E-state index contributed by atoms with van der Waals surface area (Å²) in [6, 6.07) is 0. The van der Waals surface area contributed by atoms with Crippen LogP contribution in [0.5, 0.6) is 0 Å². The normalized spacial score (nSPS) is 29.4. The monoisotopic (exact) mass is 278 g/mol.